The molecule has 3 heteroatoms. The van der Waals surface area contributed by atoms with Gasteiger partial charge in [0.25, 0.3) is 0 Å². The Labute approximate surface area is 68.7 Å². The second kappa shape index (κ2) is 3.19. The summed E-state index contributed by atoms with van der Waals surface area (Å²) in [5.74, 6) is 0.822. The van der Waals surface area contributed by atoms with Gasteiger partial charge in [-0.25, -0.2) is 0 Å². The van der Waals surface area contributed by atoms with Crippen LogP contribution in [0.2, 0.25) is 0 Å². The molecular formula is C6H5AsOS. The molecule has 46 valence electrons. The van der Waals surface area contributed by atoms with Gasteiger partial charge in [0.15, 0.2) is 0 Å². The standard InChI is InChI=1S/C6H5AsOS/c7-8-5-2-1-3-6(9)4-5/h1-4,9H. The van der Waals surface area contributed by atoms with E-state index in [-0.39, 0.29) is 0 Å². The van der Waals surface area contributed by atoms with E-state index in [1.807, 2.05) is 41.5 Å². The van der Waals surface area contributed by atoms with Gasteiger partial charge < -0.3 is 0 Å². The van der Waals surface area contributed by atoms with Gasteiger partial charge in [0.2, 0.25) is 0 Å². The number of hydrogen-bond acceptors (Lipinski definition) is 2. The first-order valence-electron chi connectivity index (χ1n) is 2.43. The molecule has 0 aliphatic rings. The van der Waals surface area contributed by atoms with Crippen LogP contribution in [0.4, 0.5) is 0 Å². The Balaban J connectivity index is 2.94. The summed E-state index contributed by atoms with van der Waals surface area (Å²) in [5.41, 5.74) is 0. The second-order valence-electron chi connectivity index (χ2n) is 1.59. The molecule has 1 aromatic rings. The van der Waals surface area contributed by atoms with E-state index in [1.54, 1.807) is 0 Å². The molecule has 0 unspecified atom stereocenters. The van der Waals surface area contributed by atoms with Crippen molar-refractivity contribution >= 4 is 29.8 Å². The van der Waals surface area contributed by atoms with Crippen molar-refractivity contribution < 1.29 is 3.73 Å². The number of rotatable bonds is 1. The molecule has 0 atom stereocenters. The molecule has 0 amide bonds. The summed E-state index contributed by atoms with van der Waals surface area (Å²) in [6, 6.07) is 7.52. The third kappa shape index (κ3) is 1.96. The van der Waals surface area contributed by atoms with Gasteiger partial charge in [-0.3, -0.25) is 0 Å². The van der Waals surface area contributed by atoms with Crippen LogP contribution in [-0.2, 0) is 0 Å². The van der Waals surface area contributed by atoms with Crippen molar-refractivity contribution in [1.82, 2.24) is 0 Å². The Morgan fingerprint density at radius 3 is 2.67 bits per heavy atom. The third-order valence-corrected chi connectivity index (χ3v) is 1.64. The number of hydrogen-bond donors (Lipinski definition) is 1. The molecular weight excluding hydrogens is 195 g/mol. The van der Waals surface area contributed by atoms with Gasteiger partial charge in [0.1, 0.15) is 0 Å². The second-order valence-corrected chi connectivity index (χ2v) is 2.49. The molecule has 1 aromatic carbocycles. The van der Waals surface area contributed by atoms with Crippen molar-refractivity contribution in [1.29, 1.82) is 0 Å². The van der Waals surface area contributed by atoms with E-state index in [4.69, 9.17) is 3.73 Å². The molecule has 0 bridgehead atoms. The molecule has 0 aliphatic carbocycles. The van der Waals surface area contributed by atoms with Crippen molar-refractivity contribution in [2.45, 2.75) is 4.90 Å². The summed E-state index contributed by atoms with van der Waals surface area (Å²) in [7, 11) is 0. The van der Waals surface area contributed by atoms with E-state index in [9.17, 15) is 0 Å². The maximum absolute atomic E-state index is 4.88. The van der Waals surface area contributed by atoms with Gasteiger partial charge in [0, 0.05) is 0 Å². The first kappa shape index (κ1) is 7.04. The van der Waals surface area contributed by atoms with E-state index < -0.39 is 0 Å². The Morgan fingerprint density at radius 1 is 1.44 bits per heavy atom. The average molecular weight is 200 g/mol. The fourth-order valence-corrected chi connectivity index (χ4v) is 0.992. The van der Waals surface area contributed by atoms with Gasteiger partial charge in [-0.15, -0.1) is 0 Å². The fraction of sp³-hybridized carbons (Fsp3) is 0. The van der Waals surface area contributed by atoms with Gasteiger partial charge in [-0.1, -0.05) is 0 Å². The van der Waals surface area contributed by atoms with Crippen molar-refractivity contribution in [3.8, 4) is 5.75 Å². The van der Waals surface area contributed by atoms with Crippen molar-refractivity contribution in [2.24, 2.45) is 0 Å². The monoisotopic (exact) mass is 200 g/mol. The van der Waals surface area contributed by atoms with Crippen LogP contribution in [0.25, 0.3) is 0 Å². The topological polar surface area (TPSA) is 9.23 Å². The van der Waals surface area contributed by atoms with E-state index in [1.165, 1.54) is 0 Å². The molecule has 0 saturated carbocycles. The van der Waals surface area contributed by atoms with Gasteiger partial charge in [0.05, 0.1) is 0 Å². The molecule has 0 spiro atoms. The van der Waals surface area contributed by atoms with Gasteiger partial charge in [-0.05, 0) is 0 Å². The first-order chi connectivity index (χ1) is 4.33. The molecule has 0 fully saturated rings. The van der Waals surface area contributed by atoms with Crippen LogP contribution in [0.15, 0.2) is 29.2 Å². The summed E-state index contributed by atoms with van der Waals surface area (Å²) in [6.07, 6.45) is 0. The van der Waals surface area contributed by atoms with Crippen molar-refractivity contribution in [3.05, 3.63) is 24.3 Å². The Hall–Kier alpha value is -0.0716. The van der Waals surface area contributed by atoms with Crippen LogP contribution in [0, 0.1) is 0 Å². The molecule has 9 heavy (non-hydrogen) atoms. The van der Waals surface area contributed by atoms with Crippen LogP contribution in [0.3, 0.4) is 0 Å². The van der Waals surface area contributed by atoms with Crippen molar-refractivity contribution in [2.75, 3.05) is 0 Å². The van der Waals surface area contributed by atoms with Crippen LogP contribution < -0.4 is 3.73 Å². The minimum absolute atomic E-state index is 0.822. The number of benzene rings is 1. The zero-order valence-electron chi connectivity index (χ0n) is 4.61. The SMILES string of the molecule is Sc1cccc(O[As])c1. The zero-order chi connectivity index (χ0) is 6.69. The normalized spacial score (nSPS) is 9.11. The molecule has 0 aromatic heterocycles. The summed E-state index contributed by atoms with van der Waals surface area (Å²) >= 11 is 6.17. The predicted octanol–water partition coefficient (Wildman–Crippen LogP) is 1.44. The summed E-state index contributed by atoms with van der Waals surface area (Å²) < 4.78 is 4.88. The molecule has 1 rings (SSSR count). The average Bonchev–Trinajstić information content (AvgIpc) is 1.88. The molecule has 0 saturated heterocycles. The summed E-state index contributed by atoms with van der Waals surface area (Å²) in [4.78, 5) is 0.915. The van der Waals surface area contributed by atoms with Crippen LogP contribution in [0.1, 0.15) is 0 Å². The maximum atomic E-state index is 4.88. The fourth-order valence-electron chi connectivity index (χ4n) is 0.540. The Morgan fingerprint density at radius 2 is 2.22 bits per heavy atom. The summed E-state index contributed by atoms with van der Waals surface area (Å²) in [6.45, 7) is 0. The van der Waals surface area contributed by atoms with E-state index in [0.29, 0.717) is 0 Å². The Bertz CT molecular complexity index is 202. The van der Waals surface area contributed by atoms with E-state index >= 15 is 0 Å². The molecule has 0 N–H and O–H groups in total. The molecule has 0 heterocycles. The van der Waals surface area contributed by atoms with Crippen LogP contribution in [-0.4, -0.2) is 17.2 Å². The Kier molecular flexibility index (Phi) is 2.49. The molecule has 1 nitrogen and oxygen atoms in total. The molecule has 2 radical (unpaired) electrons. The third-order valence-electron chi connectivity index (χ3n) is 0.923. The first-order valence-corrected chi connectivity index (χ1v) is 3.64. The van der Waals surface area contributed by atoms with Gasteiger partial charge >= 0.3 is 68.5 Å². The van der Waals surface area contributed by atoms with Crippen LogP contribution in [0.5, 0.6) is 5.75 Å². The quantitative estimate of drug-likeness (QED) is 0.533. The van der Waals surface area contributed by atoms with Crippen molar-refractivity contribution in [3.63, 3.8) is 0 Å². The van der Waals surface area contributed by atoms with E-state index in [2.05, 4.69) is 12.6 Å². The number of thiol groups is 1. The predicted molar refractivity (Wildman–Crippen MR) is 40.1 cm³/mol. The van der Waals surface area contributed by atoms with Crippen LogP contribution >= 0.6 is 12.6 Å². The summed E-state index contributed by atoms with van der Waals surface area (Å²) in [5, 5.41) is 0. The zero-order valence-corrected chi connectivity index (χ0v) is 7.38. The van der Waals surface area contributed by atoms with Gasteiger partial charge in [-0.2, -0.15) is 0 Å². The molecule has 0 aliphatic heterocycles. The van der Waals surface area contributed by atoms with E-state index in [0.717, 1.165) is 10.6 Å². The minimum atomic E-state index is 0.822.